The number of fused-ring (bicyclic) bond motifs is 1. The third kappa shape index (κ3) is 4.34. The zero-order valence-electron chi connectivity index (χ0n) is 21.1. The molecule has 1 aromatic heterocycles. The van der Waals surface area contributed by atoms with Gasteiger partial charge >= 0.3 is 0 Å². The maximum atomic E-state index is 13.4. The Morgan fingerprint density at radius 1 is 1.06 bits per heavy atom. The molecule has 4 bridgehead atoms. The van der Waals surface area contributed by atoms with E-state index >= 15 is 0 Å². The largest absolute Gasteiger partial charge is 0.491 e. The number of hydrogen-bond donors (Lipinski definition) is 1. The Hall–Kier alpha value is -2.82. The Balaban J connectivity index is 1.12. The summed E-state index contributed by atoms with van der Waals surface area (Å²) in [4.78, 5) is 18.3. The molecular formula is C30H37N3O2. The smallest absolute Gasteiger partial charge is 0.226 e. The van der Waals surface area contributed by atoms with E-state index in [4.69, 9.17) is 9.72 Å². The molecule has 0 saturated heterocycles. The number of nitrogens with one attached hydrogen (secondary N) is 1. The first-order chi connectivity index (χ1) is 17.0. The average Bonchev–Trinajstić information content (AvgIpc) is 3.17. The number of para-hydroxylation sites is 2. The van der Waals surface area contributed by atoms with Crippen LogP contribution in [-0.2, 0) is 17.8 Å². The Bertz CT molecular complexity index is 1210. The van der Waals surface area contributed by atoms with Gasteiger partial charge < -0.3 is 14.6 Å². The first kappa shape index (κ1) is 22.6. The van der Waals surface area contributed by atoms with Crippen LogP contribution in [0.25, 0.3) is 11.0 Å². The molecule has 0 aliphatic heterocycles. The van der Waals surface area contributed by atoms with Crippen LogP contribution >= 0.6 is 0 Å². The predicted molar refractivity (Wildman–Crippen MR) is 138 cm³/mol. The molecule has 184 valence electrons. The molecule has 2 aromatic carbocycles. The lowest BCUT2D eigenvalue weighted by Gasteiger charge is -2.55. The molecule has 7 rings (SSSR count). The Morgan fingerprint density at radius 2 is 1.77 bits per heavy atom. The van der Waals surface area contributed by atoms with E-state index in [1.807, 2.05) is 6.07 Å². The van der Waals surface area contributed by atoms with Gasteiger partial charge in [0.15, 0.2) is 0 Å². The van der Waals surface area contributed by atoms with Crippen molar-refractivity contribution in [2.45, 2.75) is 65.3 Å². The van der Waals surface area contributed by atoms with Crippen molar-refractivity contribution in [1.29, 1.82) is 0 Å². The molecule has 1 amide bonds. The van der Waals surface area contributed by atoms with Gasteiger partial charge in [0.25, 0.3) is 0 Å². The summed E-state index contributed by atoms with van der Waals surface area (Å²) in [5.74, 6) is 4.61. The zero-order chi connectivity index (χ0) is 24.0. The van der Waals surface area contributed by atoms with E-state index in [1.54, 1.807) is 0 Å². The summed E-state index contributed by atoms with van der Waals surface area (Å²) in [5.41, 5.74) is 4.44. The lowest BCUT2D eigenvalue weighted by Crippen LogP contribution is -2.53. The number of carbonyl (C=O) groups is 1. The second-order valence-corrected chi connectivity index (χ2v) is 11.5. The second kappa shape index (κ2) is 9.00. The van der Waals surface area contributed by atoms with Gasteiger partial charge in [0.05, 0.1) is 17.6 Å². The highest BCUT2D eigenvalue weighted by Crippen LogP contribution is 2.60. The third-order valence-electron chi connectivity index (χ3n) is 8.79. The minimum Gasteiger partial charge on any atom is -0.491 e. The molecule has 3 aromatic rings. The van der Waals surface area contributed by atoms with Gasteiger partial charge in [-0.15, -0.1) is 0 Å². The molecule has 35 heavy (non-hydrogen) atoms. The van der Waals surface area contributed by atoms with Crippen molar-refractivity contribution in [2.75, 3.05) is 13.2 Å². The summed E-state index contributed by atoms with van der Waals surface area (Å²) < 4.78 is 8.39. The fourth-order valence-electron chi connectivity index (χ4n) is 7.64. The summed E-state index contributed by atoms with van der Waals surface area (Å²) in [7, 11) is 0. The van der Waals surface area contributed by atoms with Gasteiger partial charge in [-0.05, 0) is 93.9 Å². The first-order valence-electron chi connectivity index (χ1n) is 13.4. The molecule has 5 nitrogen and oxygen atoms in total. The molecule has 4 aliphatic rings. The van der Waals surface area contributed by atoms with Gasteiger partial charge in [-0.3, -0.25) is 4.79 Å². The van der Waals surface area contributed by atoms with E-state index in [9.17, 15) is 4.79 Å². The monoisotopic (exact) mass is 471 g/mol. The summed E-state index contributed by atoms with van der Waals surface area (Å²) in [5, 5.41) is 3.33. The van der Waals surface area contributed by atoms with Crippen molar-refractivity contribution < 1.29 is 9.53 Å². The lowest BCUT2D eigenvalue weighted by molar-refractivity contribution is -0.146. The molecule has 0 unspecified atom stereocenters. The van der Waals surface area contributed by atoms with Gasteiger partial charge in [-0.1, -0.05) is 29.8 Å². The van der Waals surface area contributed by atoms with Crippen LogP contribution in [0.3, 0.4) is 0 Å². The molecule has 5 heteroatoms. The molecule has 1 heterocycles. The van der Waals surface area contributed by atoms with Crippen LogP contribution in [-0.4, -0.2) is 28.6 Å². The predicted octanol–water partition coefficient (Wildman–Crippen LogP) is 5.61. The highest BCUT2D eigenvalue weighted by atomic mass is 16.5. The number of imidazole rings is 1. The van der Waals surface area contributed by atoms with E-state index in [-0.39, 0.29) is 5.41 Å². The van der Waals surface area contributed by atoms with Crippen molar-refractivity contribution in [2.24, 2.45) is 23.2 Å². The molecule has 1 N–H and O–H groups in total. The summed E-state index contributed by atoms with van der Waals surface area (Å²) >= 11 is 0. The molecule has 0 atom stereocenters. The minimum absolute atomic E-state index is 0.0887. The van der Waals surface area contributed by atoms with E-state index in [0.29, 0.717) is 19.1 Å². The topological polar surface area (TPSA) is 56.1 Å². The van der Waals surface area contributed by atoms with Crippen molar-refractivity contribution in [3.8, 4) is 5.75 Å². The van der Waals surface area contributed by atoms with E-state index in [2.05, 4.69) is 60.1 Å². The Morgan fingerprint density at radius 3 is 2.49 bits per heavy atom. The van der Waals surface area contributed by atoms with E-state index < -0.39 is 0 Å². The van der Waals surface area contributed by atoms with Gasteiger partial charge in [0.1, 0.15) is 18.2 Å². The van der Waals surface area contributed by atoms with Crippen LogP contribution in [0, 0.1) is 37.0 Å². The number of nitrogens with zero attached hydrogens (tertiary/aromatic N) is 2. The molecule has 4 fully saturated rings. The maximum Gasteiger partial charge on any atom is 0.226 e. The Labute approximate surface area is 208 Å². The normalized spacial score (nSPS) is 26.9. The number of ether oxygens (including phenoxy) is 1. The van der Waals surface area contributed by atoms with Gasteiger partial charge in [0, 0.05) is 18.4 Å². The molecule has 0 radical (unpaired) electrons. The fraction of sp³-hybridized carbons (Fsp3) is 0.533. The standard InChI is InChI=1S/C30H37N3O2/c1-20-7-8-27(21(2)13-20)35-12-11-33-26-6-4-3-5-25(26)32-28(33)9-10-31-29(34)30-17-22-14-23(18-30)16-24(15-22)19-30/h3-8,13,22-24H,9-12,14-19H2,1-2H3,(H,31,34). The zero-order valence-corrected chi connectivity index (χ0v) is 21.1. The highest BCUT2D eigenvalue weighted by Gasteiger charge is 2.54. The number of benzene rings is 2. The Kier molecular flexibility index (Phi) is 5.82. The third-order valence-corrected chi connectivity index (χ3v) is 8.79. The van der Waals surface area contributed by atoms with Crippen molar-refractivity contribution in [3.05, 3.63) is 59.4 Å². The number of rotatable bonds is 8. The van der Waals surface area contributed by atoms with Crippen LogP contribution in [0.5, 0.6) is 5.75 Å². The first-order valence-corrected chi connectivity index (χ1v) is 13.4. The molecule has 0 spiro atoms. The lowest BCUT2D eigenvalue weighted by atomic mass is 9.49. The highest BCUT2D eigenvalue weighted by molar-refractivity contribution is 5.83. The number of aryl methyl sites for hydroxylation is 2. The molecule has 4 saturated carbocycles. The SMILES string of the molecule is Cc1ccc(OCCn2c(CCNC(=O)C34CC5CC(CC(C5)C3)C4)nc3ccccc32)c(C)c1. The van der Waals surface area contributed by atoms with Crippen LogP contribution in [0.15, 0.2) is 42.5 Å². The quantitative estimate of drug-likeness (QED) is 0.465. The second-order valence-electron chi connectivity index (χ2n) is 11.5. The van der Waals surface area contributed by atoms with Crippen LogP contribution in [0.1, 0.15) is 55.5 Å². The van der Waals surface area contributed by atoms with Crippen molar-refractivity contribution in [3.63, 3.8) is 0 Å². The van der Waals surface area contributed by atoms with Crippen molar-refractivity contribution >= 4 is 16.9 Å². The van der Waals surface area contributed by atoms with E-state index in [1.165, 1.54) is 24.8 Å². The number of aromatic nitrogens is 2. The fourth-order valence-corrected chi connectivity index (χ4v) is 7.64. The number of hydrogen-bond acceptors (Lipinski definition) is 3. The van der Waals surface area contributed by atoms with Crippen LogP contribution < -0.4 is 10.1 Å². The van der Waals surface area contributed by atoms with Gasteiger partial charge in [0.2, 0.25) is 5.91 Å². The van der Waals surface area contributed by atoms with Crippen molar-refractivity contribution in [1.82, 2.24) is 14.9 Å². The minimum atomic E-state index is -0.0887. The van der Waals surface area contributed by atoms with Crippen LogP contribution in [0.2, 0.25) is 0 Å². The average molecular weight is 472 g/mol. The maximum absolute atomic E-state index is 13.4. The number of carbonyl (C=O) groups excluding carboxylic acids is 1. The van der Waals surface area contributed by atoms with E-state index in [0.717, 1.165) is 78.2 Å². The van der Waals surface area contributed by atoms with Gasteiger partial charge in [-0.25, -0.2) is 4.98 Å². The molecular weight excluding hydrogens is 434 g/mol. The number of amides is 1. The summed E-state index contributed by atoms with van der Waals surface area (Å²) in [6.07, 6.45) is 8.15. The summed E-state index contributed by atoms with van der Waals surface area (Å²) in [6.45, 7) is 6.14. The van der Waals surface area contributed by atoms with Crippen LogP contribution in [0.4, 0.5) is 0 Å². The molecule has 4 aliphatic carbocycles. The summed E-state index contributed by atoms with van der Waals surface area (Å²) in [6, 6.07) is 14.6. The van der Waals surface area contributed by atoms with Gasteiger partial charge in [-0.2, -0.15) is 0 Å².